The van der Waals surface area contributed by atoms with Gasteiger partial charge in [0.2, 0.25) is 0 Å². The van der Waals surface area contributed by atoms with Crippen LogP contribution in [0.1, 0.15) is 44.9 Å². The molecule has 0 radical (unpaired) electrons. The summed E-state index contributed by atoms with van der Waals surface area (Å²) in [6.07, 6.45) is 5.89. The average Bonchev–Trinajstić information content (AvgIpc) is 2.93. The van der Waals surface area contributed by atoms with Crippen LogP contribution in [0.3, 0.4) is 0 Å². The number of unbranched alkanes of at least 4 members (excludes halogenated alkanes) is 3. The maximum Gasteiger partial charge on any atom is 0.303 e. The molecule has 0 amide bonds. The molecule has 2 rings (SSSR count). The summed E-state index contributed by atoms with van der Waals surface area (Å²) in [5.41, 5.74) is 0. The van der Waals surface area contributed by atoms with Crippen LogP contribution in [0.4, 0.5) is 0 Å². The molecule has 7 heteroatoms. The predicted octanol–water partition coefficient (Wildman–Crippen LogP) is 3.42. The molecule has 1 aliphatic carbocycles. The molecule has 0 heterocycles. The van der Waals surface area contributed by atoms with Crippen molar-refractivity contribution in [2.45, 2.75) is 63.3 Å². The van der Waals surface area contributed by atoms with E-state index in [4.69, 9.17) is 21.4 Å². The number of carboxylic acids is 1. The summed E-state index contributed by atoms with van der Waals surface area (Å²) in [6.45, 7) is 0.0659. The third-order valence-electron chi connectivity index (χ3n) is 5.37. The second kappa shape index (κ2) is 12.2. The van der Waals surface area contributed by atoms with Gasteiger partial charge in [0.05, 0.1) is 12.2 Å². The molecule has 5 atom stereocenters. The first kappa shape index (κ1) is 23.7. The van der Waals surface area contributed by atoms with Crippen LogP contribution in [0.5, 0.6) is 5.75 Å². The fourth-order valence-corrected chi connectivity index (χ4v) is 4.02. The second-order valence-corrected chi connectivity index (χ2v) is 8.12. The van der Waals surface area contributed by atoms with E-state index in [2.05, 4.69) is 0 Å². The van der Waals surface area contributed by atoms with E-state index in [1.54, 1.807) is 36.4 Å². The summed E-state index contributed by atoms with van der Waals surface area (Å²) in [7, 11) is 0. The molecule has 0 aromatic heterocycles. The Hall–Kier alpha value is -1.60. The lowest BCUT2D eigenvalue weighted by molar-refractivity contribution is -0.137. The highest BCUT2D eigenvalue weighted by molar-refractivity contribution is 6.30. The van der Waals surface area contributed by atoms with E-state index >= 15 is 0 Å². The number of carbonyl (C=O) groups is 1. The number of hydrogen-bond donors (Lipinski definition) is 4. The van der Waals surface area contributed by atoms with Crippen LogP contribution in [0, 0.1) is 11.8 Å². The van der Waals surface area contributed by atoms with Gasteiger partial charge in [-0.2, -0.15) is 0 Å². The number of aliphatic hydroxyl groups is 3. The molecule has 1 fully saturated rings. The maximum absolute atomic E-state index is 10.5. The Morgan fingerprint density at radius 3 is 2.69 bits per heavy atom. The summed E-state index contributed by atoms with van der Waals surface area (Å²) in [4.78, 5) is 10.5. The van der Waals surface area contributed by atoms with E-state index in [9.17, 15) is 20.1 Å². The smallest absolute Gasteiger partial charge is 0.303 e. The van der Waals surface area contributed by atoms with E-state index in [-0.39, 0.29) is 24.9 Å². The molecule has 162 valence electrons. The number of benzene rings is 1. The number of aliphatic carboxylic acids is 1. The fraction of sp³-hybridized carbons (Fsp3) is 0.591. The molecule has 1 saturated carbocycles. The van der Waals surface area contributed by atoms with Crippen molar-refractivity contribution in [3.8, 4) is 5.75 Å². The fourth-order valence-electron chi connectivity index (χ4n) is 3.84. The highest BCUT2D eigenvalue weighted by Gasteiger charge is 2.39. The number of ether oxygens (including phenoxy) is 1. The van der Waals surface area contributed by atoms with Crippen molar-refractivity contribution in [3.05, 3.63) is 41.4 Å². The Kier molecular flexibility index (Phi) is 9.94. The number of aliphatic hydroxyl groups excluding tert-OH is 3. The Bertz CT molecular complexity index is 664. The van der Waals surface area contributed by atoms with Crippen molar-refractivity contribution >= 4 is 17.6 Å². The Morgan fingerprint density at radius 1 is 1.21 bits per heavy atom. The highest BCUT2D eigenvalue weighted by atomic mass is 35.5. The summed E-state index contributed by atoms with van der Waals surface area (Å²) in [5, 5.41) is 39.9. The van der Waals surface area contributed by atoms with Crippen LogP contribution >= 0.6 is 11.6 Å². The van der Waals surface area contributed by atoms with E-state index in [1.165, 1.54) is 0 Å². The first-order chi connectivity index (χ1) is 13.9. The zero-order valence-corrected chi connectivity index (χ0v) is 17.2. The lowest BCUT2D eigenvalue weighted by Crippen LogP contribution is -2.22. The molecule has 1 aromatic rings. The second-order valence-electron chi connectivity index (χ2n) is 7.68. The van der Waals surface area contributed by atoms with Crippen molar-refractivity contribution < 1.29 is 30.0 Å². The van der Waals surface area contributed by atoms with Gasteiger partial charge < -0.3 is 25.2 Å². The van der Waals surface area contributed by atoms with E-state index in [0.29, 0.717) is 23.6 Å². The van der Waals surface area contributed by atoms with E-state index in [1.807, 2.05) is 0 Å². The Labute approximate surface area is 176 Å². The van der Waals surface area contributed by atoms with Gasteiger partial charge in [-0.3, -0.25) is 4.79 Å². The van der Waals surface area contributed by atoms with Crippen LogP contribution in [-0.2, 0) is 4.79 Å². The van der Waals surface area contributed by atoms with E-state index < -0.39 is 24.3 Å². The van der Waals surface area contributed by atoms with Crippen molar-refractivity contribution in [3.63, 3.8) is 0 Å². The van der Waals surface area contributed by atoms with Gasteiger partial charge in [-0.15, -0.1) is 0 Å². The number of halogens is 1. The van der Waals surface area contributed by atoms with Crippen LogP contribution in [0.25, 0.3) is 0 Å². The van der Waals surface area contributed by atoms with Crippen LogP contribution in [0.2, 0.25) is 5.02 Å². The summed E-state index contributed by atoms with van der Waals surface area (Å²) in [5.74, 6) is -0.490. The largest absolute Gasteiger partial charge is 0.491 e. The number of carboxylic acid groups (broad SMARTS) is 1. The Balaban J connectivity index is 1.78. The van der Waals surface area contributed by atoms with Gasteiger partial charge in [0.25, 0.3) is 0 Å². The molecule has 29 heavy (non-hydrogen) atoms. The molecule has 1 aliphatic rings. The molecule has 0 bridgehead atoms. The molecule has 0 unspecified atom stereocenters. The van der Waals surface area contributed by atoms with Gasteiger partial charge in [-0.1, -0.05) is 49.1 Å². The van der Waals surface area contributed by atoms with Gasteiger partial charge in [0.1, 0.15) is 18.5 Å². The Morgan fingerprint density at radius 2 is 1.97 bits per heavy atom. The molecule has 6 nitrogen and oxygen atoms in total. The quantitative estimate of drug-likeness (QED) is 0.301. The van der Waals surface area contributed by atoms with Gasteiger partial charge in [-0.05, 0) is 37.0 Å². The van der Waals surface area contributed by atoms with Crippen LogP contribution < -0.4 is 4.74 Å². The minimum atomic E-state index is -0.837. The maximum atomic E-state index is 10.5. The molecular weight excluding hydrogens is 396 g/mol. The van der Waals surface area contributed by atoms with Crippen molar-refractivity contribution in [2.75, 3.05) is 6.61 Å². The highest BCUT2D eigenvalue weighted by Crippen LogP contribution is 2.37. The van der Waals surface area contributed by atoms with Gasteiger partial charge in [0.15, 0.2) is 0 Å². The molecular formula is C22H31ClO6. The number of rotatable bonds is 12. The lowest BCUT2D eigenvalue weighted by atomic mass is 9.88. The third-order valence-corrected chi connectivity index (χ3v) is 5.60. The number of hydrogen-bond acceptors (Lipinski definition) is 5. The lowest BCUT2D eigenvalue weighted by Gasteiger charge is -2.21. The summed E-state index contributed by atoms with van der Waals surface area (Å²) >= 11 is 5.90. The van der Waals surface area contributed by atoms with E-state index in [0.717, 1.165) is 25.7 Å². The predicted molar refractivity (Wildman–Crippen MR) is 111 cm³/mol. The topological polar surface area (TPSA) is 107 Å². The van der Waals surface area contributed by atoms with Crippen LogP contribution in [-0.4, -0.2) is 51.3 Å². The van der Waals surface area contributed by atoms with Crippen molar-refractivity contribution in [1.82, 2.24) is 0 Å². The minimum Gasteiger partial charge on any atom is -0.491 e. The monoisotopic (exact) mass is 426 g/mol. The summed E-state index contributed by atoms with van der Waals surface area (Å²) < 4.78 is 5.52. The first-order valence-corrected chi connectivity index (χ1v) is 10.6. The van der Waals surface area contributed by atoms with Crippen molar-refractivity contribution in [2.24, 2.45) is 11.8 Å². The minimum absolute atomic E-state index is 0.0659. The third kappa shape index (κ3) is 8.34. The zero-order valence-electron chi connectivity index (χ0n) is 16.5. The van der Waals surface area contributed by atoms with Gasteiger partial charge in [0, 0.05) is 23.8 Å². The van der Waals surface area contributed by atoms with Crippen LogP contribution in [0.15, 0.2) is 36.4 Å². The van der Waals surface area contributed by atoms with Gasteiger partial charge >= 0.3 is 5.97 Å². The normalized spacial score (nSPS) is 25.4. The molecule has 0 spiro atoms. The molecule has 0 saturated heterocycles. The standard InChI is InChI=1S/C22H31ClO6/c23-15-6-5-7-17(12-15)29-14-16(24)10-11-19-18(20(25)13-21(19)26)8-3-1-2-4-9-22(27)28/h5-7,10-12,16,18-21,24-26H,1-4,8-9,13-14H2,(H,27,28)/t16-,18-,19-,20+,21-/m1/s1. The SMILES string of the molecule is O=C(O)CCCCCC[C@@H]1[C@@H](C=C[C@@H](O)COc2cccc(Cl)c2)[C@H](O)C[C@@H]1O. The molecule has 0 aliphatic heterocycles. The zero-order chi connectivity index (χ0) is 21.2. The summed E-state index contributed by atoms with van der Waals surface area (Å²) in [6, 6.07) is 6.93. The molecule has 1 aromatic carbocycles. The first-order valence-electron chi connectivity index (χ1n) is 10.2. The molecule has 4 N–H and O–H groups in total. The average molecular weight is 427 g/mol. The van der Waals surface area contributed by atoms with Crippen molar-refractivity contribution in [1.29, 1.82) is 0 Å². The van der Waals surface area contributed by atoms with Gasteiger partial charge in [-0.25, -0.2) is 0 Å².